The van der Waals surface area contributed by atoms with Gasteiger partial charge >= 0.3 is 5.97 Å². The van der Waals surface area contributed by atoms with Gasteiger partial charge in [0.25, 0.3) is 5.91 Å². The number of hydrogen-bond donors (Lipinski definition) is 1. The van der Waals surface area contributed by atoms with E-state index in [9.17, 15) is 14.7 Å². The number of carbonyl (C=O) groups excluding carboxylic acids is 2. The molecule has 0 aromatic heterocycles. The highest BCUT2D eigenvalue weighted by Gasteiger charge is 2.61. The second-order valence-corrected chi connectivity index (χ2v) is 9.67. The van der Waals surface area contributed by atoms with Crippen LogP contribution in [0.3, 0.4) is 0 Å². The lowest BCUT2D eigenvalue weighted by molar-refractivity contribution is -0.188. The Hall–Kier alpha value is -3.12. The maximum atomic E-state index is 13.3. The molecule has 2 aromatic carbocycles. The predicted molar refractivity (Wildman–Crippen MR) is 132 cm³/mol. The van der Waals surface area contributed by atoms with Crippen LogP contribution in [-0.4, -0.2) is 65.1 Å². The van der Waals surface area contributed by atoms with Gasteiger partial charge in [-0.1, -0.05) is 36.4 Å². The van der Waals surface area contributed by atoms with Gasteiger partial charge in [-0.3, -0.25) is 14.5 Å². The summed E-state index contributed by atoms with van der Waals surface area (Å²) >= 11 is 0. The number of rotatable bonds is 6. The Morgan fingerprint density at radius 2 is 1.97 bits per heavy atom. The second-order valence-electron chi connectivity index (χ2n) is 9.67. The molecule has 180 valence electrons. The monoisotopic (exact) mass is 462 g/mol. The molecule has 1 saturated carbocycles. The standard InChI is InChI=1S/C28H34N2O4/c1-4-16-30-17-15-27(23-11-8-12-25(32)18-23)19-24(13-14-28(27,20-30)34-21(2)31)29(3)26(33)22-9-6-5-7-10-22/h4-12,18,24,32H,1,13-17,19-20H2,2-3H3/t24-,27-,28-/m0/s1. The number of piperidine rings is 1. The van der Waals surface area contributed by atoms with Crippen LogP contribution in [0.1, 0.15) is 48.5 Å². The summed E-state index contributed by atoms with van der Waals surface area (Å²) in [6.07, 6.45) is 4.64. The molecule has 2 fully saturated rings. The molecule has 1 saturated heterocycles. The fourth-order valence-corrected chi connectivity index (χ4v) is 6.08. The number of amides is 1. The van der Waals surface area contributed by atoms with E-state index in [4.69, 9.17) is 4.74 Å². The van der Waals surface area contributed by atoms with Gasteiger partial charge in [0, 0.05) is 44.1 Å². The van der Waals surface area contributed by atoms with Gasteiger partial charge in [-0.15, -0.1) is 6.58 Å². The molecular weight excluding hydrogens is 428 g/mol. The van der Waals surface area contributed by atoms with Crippen LogP contribution in [0, 0.1) is 0 Å². The maximum absolute atomic E-state index is 13.3. The number of hydrogen-bond acceptors (Lipinski definition) is 5. The van der Waals surface area contributed by atoms with Crippen LogP contribution < -0.4 is 0 Å². The van der Waals surface area contributed by atoms with Crippen LogP contribution in [0.5, 0.6) is 5.75 Å². The first-order valence-electron chi connectivity index (χ1n) is 11.9. The first kappa shape index (κ1) is 24.0. The predicted octanol–water partition coefficient (Wildman–Crippen LogP) is 4.15. The molecule has 0 unspecified atom stereocenters. The van der Waals surface area contributed by atoms with Crippen molar-refractivity contribution in [3.05, 3.63) is 78.4 Å². The number of fused-ring (bicyclic) bond motifs is 1. The van der Waals surface area contributed by atoms with Crippen molar-refractivity contribution < 1.29 is 19.4 Å². The molecule has 1 aliphatic heterocycles. The highest BCUT2D eigenvalue weighted by atomic mass is 16.6. The molecule has 2 aliphatic rings. The second kappa shape index (κ2) is 9.63. The molecule has 6 nitrogen and oxygen atoms in total. The third-order valence-electron chi connectivity index (χ3n) is 7.69. The molecule has 0 radical (unpaired) electrons. The Kier molecular flexibility index (Phi) is 6.80. The van der Waals surface area contributed by atoms with Gasteiger partial charge in [-0.05, 0) is 62.1 Å². The Balaban J connectivity index is 1.76. The van der Waals surface area contributed by atoms with Crippen molar-refractivity contribution in [1.82, 2.24) is 9.80 Å². The van der Waals surface area contributed by atoms with E-state index in [1.165, 1.54) is 6.92 Å². The first-order chi connectivity index (χ1) is 16.3. The molecular formula is C28H34N2O4. The zero-order chi connectivity index (χ0) is 24.3. The number of esters is 1. The molecule has 0 spiro atoms. The molecule has 0 bridgehead atoms. The van der Waals surface area contributed by atoms with E-state index in [0.29, 0.717) is 24.9 Å². The van der Waals surface area contributed by atoms with E-state index in [0.717, 1.165) is 31.5 Å². The zero-order valence-electron chi connectivity index (χ0n) is 20.1. The molecule has 4 rings (SSSR count). The minimum Gasteiger partial charge on any atom is -0.508 e. The van der Waals surface area contributed by atoms with Gasteiger partial charge in [-0.2, -0.15) is 0 Å². The van der Waals surface area contributed by atoms with Crippen LogP contribution in [0.4, 0.5) is 0 Å². The Bertz CT molecular complexity index is 1060. The summed E-state index contributed by atoms with van der Waals surface area (Å²) in [5.74, 6) is -0.133. The maximum Gasteiger partial charge on any atom is 0.303 e. The fraction of sp³-hybridized carbons (Fsp3) is 0.429. The van der Waals surface area contributed by atoms with Crippen LogP contribution in [0.25, 0.3) is 0 Å². The Morgan fingerprint density at radius 3 is 2.65 bits per heavy atom. The summed E-state index contributed by atoms with van der Waals surface area (Å²) in [5.41, 5.74) is 0.343. The summed E-state index contributed by atoms with van der Waals surface area (Å²) in [4.78, 5) is 29.8. The SMILES string of the molecule is C=CCN1CC[C@@]2(c3cccc(O)c3)C[C@@H](N(C)C(=O)c3ccccc3)CC[C@]2(OC(C)=O)C1. The normalized spacial score (nSPS) is 26.8. The van der Waals surface area contributed by atoms with E-state index < -0.39 is 11.0 Å². The molecule has 1 aliphatic carbocycles. The van der Waals surface area contributed by atoms with Gasteiger partial charge < -0.3 is 14.7 Å². The van der Waals surface area contributed by atoms with Crippen molar-refractivity contribution in [2.24, 2.45) is 0 Å². The van der Waals surface area contributed by atoms with Gasteiger partial charge in [-0.25, -0.2) is 0 Å². The third kappa shape index (κ3) is 4.34. The largest absolute Gasteiger partial charge is 0.508 e. The van der Waals surface area contributed by atoms with E-state index in [-0.39, 0.29) is 23.7 Å². The molecule has 1 N–H and O–H groups in total. The van der Waals surface area contributed by atoms with Crippen LogP contribution in [0.2, 0.25) is 0 Å². The number of ether oxygens (including phenoxy) is 1. The molecule has 6 heteroatoms. The lowest BCUT2D eigenvalue weighted by Gasteiger charge is -2.60. The van der Waals surface area contributed by atoms with Crippen LogP contribution in [-0.2, 0) is 14.9 Å². The van der Waals surface area contributed by atoms with Gasteiger partial charge in [0.2, 0.25) is 0 Å². The van der Waals surface area contributed by atoms with Crippen molar-refractivity contribution >= 4 is 11.9 Å². The molecule has 2 aromatic rings. The van der Waals surface area contributed by atoms with Crippen molar-refractivity contribution in [3.63, 3.8) is 0 Å². The number of phenolic OH excluding ortho intramolecular Hbond substituents is 1. The number of likely N-dealkylation sites (tertiary alicyclic amines) is 1. The molecule has 1 amide bonds. The smallest absolute Gasteiger partial charge is 0.303 e. The summed E-state index contributed by atoms with van der Waals surface area (Å²) in [6, 6.07) is 16.6. The third-order valence-corrected chi connectivity index (χ3v) is 7.69. The van der Waals surface area contributed by atoms with E-state index in [2.05, 4.69) is 11.5 Å². The molecule has 3 atom stereocenters. The topological polar surface area (TPSA) is 70.1 Å². The van der Waals surface area contributed by atoms with E-state index >= 15 is 0 Å². The lowest BCUT2D eigenvalue weighted by Crippen LogP contribution is -2.68. The van der Waals surface area contributed by atoms with Crippen LogP contribution in [0.15, 0.2) is 67.3 Å². The number of nitrogens with zero attached hydrogens (tertiary/aromatic N) is 2. The van der Waals surface area contributed by atoms with Crippen molar-refractivity contribution in [2.45, 2.75) is 49.7 Å². The lowest BCUT2D eigenvalue weighted by atomic mass is 9.55. The average Bonchev–Trinajstić information content (AvgIpc) is 2.83. The summed E-state index contributed by atoms with van der Waals surface area (Å²) in [5, 5.41) is 10.3. The Morgan fingerprint density at radius 1 is 1.21 bits per heavy atom. The van der Waals surface area contributed by atoms with Gasteiger partial charge in [0.1, 0.15) is 11.4 Å². The van der Waals surface area contributed by atoms with Gasteiger partial charge in [0.15, 0.2) is 0 Å². The van der Waals surface area contributed by atoms with E-state index in [1.807, 2.05) is 60.5 Å². The summed E-state index contributed by atoms with van der Waals surface area (Å²) < 4.78 is 6.23. The number of carbonyl (C=O) groups is 2. The quantitative estimate of drug-likeness (QED) is 0.516. The highest BCUT2D eigenvalue weighted by Crippen LogP contribution is 2.54. The minimum atomic E-state index is -0.749. The highest BCUT2D eigenvalue weighted by molar-refractivity contribution is 5.94. The van der Waals surface area contributed by atoms with Crippen molar-refractivity contribution in [1.29, 1.82) is 0 Å². The Labute approximate surface area is 201 Å². The molecule has 1 heterocycles. The summed E-state index contributed by atoms with van der Waals surface area (Å²) in [6.45, 7) is 7.48. The fourth-order valence-electron chi connectivity index (χ4n) is 6.08. The minimum absolute atomic E-state index is 0.0132. The zero-order valence-corrected chi connectivity index (χ0v) is 20.1. The number of benzene rings is 2. The van der Waals surface area contributed by atoms with Crippen LogP contribution >= 0.6 is 0 Å². The van der Waals surface area contributed by atoms with Crippen molar-refractivity contribution in [3.8, 4) is 5.75 Å². The first-order valence-corrected chi connectivity index (χ1v) is 11.9. The van der Waals surface area contributed by atoms with E-state index in [1.54, 1.807) is 12.1 Å². The number of aromatic hydroxyl groups is 1. The molecule has 34 heavy (non-hydrogen) atoms. The van der Waals surface area contributed by atoms with Gasteiger partial charge in [0.05, 0.1) is 0 Å². The van der Waals surface area contributed by atoms with Crippen molar-refractivity contribution in [2.75, 3.05) is 26.7 Å². The average molecular weight is 463 g/mol. The number of phenols is 1. The summed E-state index contributed by atoms with van der Waals surface area (Å²) in [7, 11) is 1.86.